The van der Waals surface area contributed by atoms with Crippen LogP contribution in [-0.2, 0) is 10.2 Å². The lowest BCUT2D eigenvalue weighted by atomic mass is 9.83. The van der Waals surface area contributed by atoms with Gasteiger partial charge in [0.2, 0.25) is 5.95 Å². The number of methoxy groups -OCH3 is 1. The second-order valence-electron chi connectivity index (χ2n) is 10.4. The standard InChI is InChI=1S/C32H35N5O3/c1-21-24(10-8-12-27(21)36-30(39)25-9-6-7-11-26(25)32(2,3)4)28-17-18-34-31(37-28)35-23-15-13-22(14-16-23)29(38)33-19-20-40-5/h6-18H,19-20H2,1-5H3,(H,33,38)(H,36,39)(H,34,35,37). The van der Waals surface area contributed by atoms with Gasteiger partial charge >= 0.3 is 0 Å². The van der Waals surface area contributed by atoms with Crippen molar-refractivity contribution >= 4 is 29.1 Å². The molecule has 206 valence electrons. The quantitative estimate of drug-likeness (QED) is 0.222. The summed E-state index contributed by atoms with van der Waals surface area (Å²) in [7, 11) is 1.59. The normalized spacial score (nSPS) is 11.1. The highest BCUT2D eigenvalue weighted by Gasteiger charge is 2.22. The van der Waals surface area contributed by atoms with Crippen LogP contribution < -0.4 is 16.0 Å². The number of carbonyl (C=O) groups excluding carboxylic acids is 2. The molecule has 8 heteroatoms. The van der Waals surface area contributed by atoms with Crippen LogP contribution in [0.5, 0.6) is 0 Å². The largest absolute Gasteiger partial charge is 0.383 e. The third kappa shape index (κ3) is 6.90. The summed E-state index contributed by atoms with van der Waals surface area (Å²) in [5, 5.41) is 9.09. The van der Waals surface area contributed by atoms with E-state index >= 15 is 0 Å². The van der Waals surface area contributed by atoms with Gasteiger partial charge in [-0.2, -0.15) is 0 Å². The van der Waals surface area contributed by atoms with E-state index in [1.54, 1.807) is 37.6 Å². The van der Waals surface area contributed by atoms with Crippen molar-refractivity contribution in [3.8, 4) is 11.3 Å². The van der Waals surface area contributed by atoms with Gasteiger partial charge in [-0.15, -0.1) is 0 Å². The number of hydrogen-bond donors (Lipinski definition) is 3. The minimum Gasteiger partial charge on any atom is -0.383 e. The van der Waals surface area contributed by atoms with Gasteiger partial charge in [0.15, 0.2) is 0 Å². The number of benzene rings is 3. The molecule has 0 fully saturated rings. The molecule has 1 aromatic heterocycles. The highest BCUT2D eigenvalue weighted by molar-refractivity contribution is 6.06. The van der Waals surface area contributed by atoms with Gasteiger partial charge < -0.3 is 20.7 Å². The predicted octanol–water partition coefficient (Wildman–Crippen LogP) is 6.12. The van der Waals surface area contributed by atoms with Crippen molar-refractivity contribution in [1.29, 1.82) is 0 Å². The number of rotatable bonds is 9. The van der Waals surface area contributed by atoms with E-state index in [9.17, 15) is 9.59 Å². The molecule has 0 saturated heterocycles. The van der Waals surface area contributed by atoms with Crippen LogP contribution in [0, 0.1) is 6.92 Å². The Morgan fingerprint density at radius 2 is 1.65 bits per heavy atom. The lowest BCUT2D eigenvalue weighted by molar-refractivity contribution is 0.0936. The second kappa shape index (κ2) is 12.5. The van der Waals surface area contributed by atoms with Gasteiger partial charge in [-0.3, -0.25) is 9.59 Å². The number of ether oxygens (including phenoxy) is 1. The summed E-state index contributed by atoms with van der Waals surface area (Å²) in [4.78, 5) is 34.6. The average Bonchev–Trinajstić information content (AvgIpc) is 2.94. The Morgan fingerprint density at radius 3 is 2.38 bits per heavy atom. The van der Waals surface area contributed by atoms with Crippen LogP contribution in [0.15, 0.2) is 79.0 Å². The number of nitrogens with one attached hydrogen (secondary N) is 3. The lowest BCUT2D eigenvalue weighted by Crippen LogP contribution is -2.26. The molecule has 4 rings (SSSR count). The van der Waals surface area contributed by atoms with E-state index in [1.807, 2.05) is 55.5 Å². The highest BCUT2D eigenvalue weighted by Crippen LogP contribution is 2.30. The van der Waals surface area contributed by atoms with Crippen LogP contribution >= 0.6 is 0 Å². The lowest BCUT2D eigenvalue weighted by Gasteiger charge is -2.22. The fourth-order valence-corrected chi connectivity index (χ4v) is 4.34. The third-order valence-corrected chi connectivity index (χ3v) is 6.49. The SMILES string of the molecule is COCCNC(=O)c1ccc(Nc2nccc(-c3cccc(NC(=O)c4ccccc4C(C)(C)C)c3C)n2)cc1. The van der Waals surface area contributed by atoms with Gasteiger partial charge in [0.25, 0.3) is 11.8 Å². The average molecular weight is 538 g/mol. The summed E-state index contributed by atoms with van der Waals surface area (Å²) < 4.78 is 4.96. The molecule has 4 aromatic rings. The van der Waals surface area contributed by atoms with Crippen molar-refractivity contribution in [3.05, 3.63) is 101 Å². The van der Waals surface area contributed by atoms with E-state index in [2.05, 4.69) is 41.7 Å². The number of nitrogens with zero attached hydrogens (tertiary/aromatic N) is 2. The fraction of sp³-hybridized carbons (Fsp3) is 0.250. The molecule has 0 bridgehead atoms. The molecule has 0 aliphatic heterocycles. The zero-order valence-corrected chi connectivity index (χ0v) is 23.5. The van der Waals surface area contributed by atoms with E-state index < -0.39 is 0 Å². The number of anilines is 3. The van der Waals surface area contributed by atoms with E-state index in [0.29, 0.717) is 30.2 Å². The van der Waals surface area contributed by atoms with Gasteiger partial charge in [-0.25, -0.2) is 9.97 Å². The summed E-state index contributed by atoms with van der Waals surface area (Å²) in [6, 6.07) is 22.4. The molecule has 2 amide bonds. The summed E-state index contributed by atoms with van der Waals surface area (Å²) >= 11 is 0. The minimum atomic E-state index is -0.161. The zero-order valence-electron chi connectivity index (χ0n) is 23.5. The number of aromatic nitrogens is 2. The molecule has 0 aliphatic carbocycles. The Hall–Kier alpha value is -4.56. The summed E-state index contributed by atoms with van der Waals surface area (Å²) in [5.74, 6) is 0.112. The number of carbonyl (C=O) groups is 2. The number of hydrogen-bond acceptors (Lipinski definition) is 6. The third-order valence-electron chi connectivity index (χ3n) is 6.49. The zero-order chi connectivity index (χ0) is 28.7. The van der Waals surface area contributed by atoms with Crippen molar-refractivity contribution in [3.63, 3.8) is 0 Å². The van der Waals surface area contributed by atoms with Crippen molar-refractivity contribution < 1.29 is 14.3 Å². The summed E-state index contributed by atoms with van der Waals surface area (Å²) in [6.45, 7) is 9.17. The molecule has 40 heavy (non-hydrogen) atoms. The first-order valence-corrected chi connectivity index (χ1v) is 13.2. The first-order valence-electron chi connectivity index (χ1n) is 13.2. The van der Waals surface area contributed by atoms with E-state index in [-0.39, 0.29) is 17.2 Å². The molecule has 1 heterocycles. The fourth-order valence-electron chi connectivity index (χ4n) is 4.34. The first kappa shape index (κ1) is 28.4. The van der Waals surface area contributed by atoms with Crippen LogP contribution in [-0.4, -0.2) is 42.0 Å². The van der Waals surface area contributed by atoms with Gasteiger partial charge in [0.05, 0.1) is 12.3 Å². The van der Waals surface area contributed by atoms with Gasteiger partial charge in [-0.1, -0.05) is 51.1 Å². The molecule has 0 aliphatic rings. The minimum absolute atomic E-state index is 0.147. The first-order chi connectivity index (χ1) is 19.2. The monoisotopic (exact) mass is 537 g/mol. The van der Waals surface area contributed by atoms with E-state index in [1.165, 1.54) is 0 Å². The van der Waals surface area contributed by atoms with Crippen molar-refractivity contribution in [2.75, 3.05) is 30.9 Å². The maximum atomic E-state index is 13.3. The maximum absolute atomic E-state index is 13.3. The van der Waals surface area contributed by atoms with E-state index in [4.69, 9.17) is 9.72 Å². The maximum Gasteiger partial charge on any atom is 0.255 e. The Bertz CT molecular complexity index is 1490. The van der Waals surface area contributed by atoms with Crippen molar-refractivity contribution in [2.24, 2.45) is 0 Å². The van der Waals surface area contributed by atoms with Gasteiger partial charge in [0, 0.05) is 47.9 Å². The second-order valence-corrected chi connectivity index (χ2v) is 10.4. The Balaban J connectivity index is 1.51. The molecule has 8 nitrogen and oxygen atoms in total. The Labute approximate surface area is 235 Å². The van der Waals surface area contributed by atoms with Crippen molar-refractivity contribution in [2.45, 2.75) is 33.1 Å². The van der Waals surface area contributed by atoms with Crippen LogP contribution in [0.1, 0.15) is 52.6 Å². The topological polar surface area (TPSA) is 105 Å². The Morgan fingerprint density at radius 1 is 0.900 bits per heavy atom. The van der Waals surface area contributed by atoms with Crippen LogP contribution in [0.2, 0.25) is 0 Å². The van der Waals surface area contributed by atoms with Crippen LogP contribution in [0.25, 0.3) is 11.3 Å². The molecular weight excluding hydrogens is 502 g/mol. The summed E-state index contributed by atoms with van der Waals surface area (Å²) in [5.41, 5.74) is 6.02. The highest BCUT2D eigenvalue weighted by atomic mass is 16.5. The van der Waals surface area contributed by atoms with Crippen molar-refractivity contribution in [1.82, 2.24) is 15.3 Å². The van der Waals surface area contributed by atoms with E-state index in [0.717, 1.165) is 33.8 Å². The molecule has 3 aromatic carbocycles. The molecule has 0 saturated carbocycles. The molecule has 0 atom stereocenters. The van der Waals surface area contributed by atoms with Gasteiger partial charge in [0.1, 0.15) is 0 Å². The number of amides is 2. The van der Waals surface area contributed by atoms with Crippen LogP contribution in [0.4, 0.5) is 17.3 Å². The molecular formula is C32H35N5O3. The summed E-state index contributed by atoms with van der Waals surface area (Å²) in [6.07, 6.45) is 1.69. The smallest absolute Gasteiger partial charge is 0.255 e. The van der Waals surface area contributed by atoms with Crippen LogP contribution in [0.3, 0.4) is 0 Å². The molecule has 0 unspecified atom stereocenters. The van der Waals surface area contributed by atoms with Gasteiger partial charge in [-0.05, 0) is 65.9 Å². The molecule has 3 N–H and O–H groups in total. The Kier molecular flexibility index (Phi) is 8.91. The predicted molar refractivity (Wildman–Crippen MR) is 159 cm³/mol. The molecule has 0 radical (unpaired) electrons. The molecule has 0 spiro atoms.